The number of piperidine rings is 1. The van der Waals surface area contributed by atoms with Crippen molar-refractivity contribution in [1.82, 2.24) is 15.2 Å². The van der Waals surface area contributed by atoms with Gasteiger partial charge in [0.1, 0.15) is 5.82 Å². The Labute approximate surface area is 151 Å². The van der Waals surface area contributed by atoms with E-state index >= 15 is 0 Å². The summed E-state index contributed by atoms with van der Waals surface area (Å²) in [6.45, 7) is 3.37. The molecule has 3 aliphatic heterocycles. The molecule has 1 aromatic rings. The molecule has 0 aromatic carbocycles. The summed E-state index contributed by atoms with van der Waals surface area (Å²) in [5, 5.41) is 3.66. The number of halogens is 1. The van der Waals surface area contributed by atoms with E-state index in [1.54, 1.807) is 0 Å². The number of rotatable bonds is 3. The quantitative estimate of drug-likeness (QED) is 0.857. The average molecular weight is 393 g/mol. The van der Waals surface area contributed by atoms with Gasteiger partial charge in [-0.1, -0.05) is 0 Å². The lowest BCUT2D eigenvalue weighted by molar-refractivity contribution is -0.132. The predicted molar refractivity (Wildman–Crippen MR) is 98.0 cm³/mol. The minimum atomic E-state index is 0.352. The second-order valence-corrected chi connectivity index (χ2v) is 8.30. The van der Waals surface area contributed by atoms with Crippen LogP contribution >= 0.6 is 15.9 Å². The monoisotopic (exact) mass is 392 g/mol. The highest BCUT2D eigenvalue weighted by molar-refractivity contribution is 9.10. The number of hydrogen-bond donors (Lipinski definition) is 1. The number of nitrogens with one attached hydrogen (secondary N) is 1. The first-order valence-corrected chi connectivity index (χ1v) is 9.87. The number of amides is 1. The van der Waals surface area contributed by atoms with Crippen LogP contribution in [0.3, 0.4) is 0 Å². The van der Waals surface area contributed by atoms with E-state index in [4.69, 9.17) is 0 Å². The van der Waals surface area contributed by atoms with Crippen molar-refractivity contribution < 1.29 is 4.79 Å². The van der Waals surface area contributed by atoms with E-state index in [1.807, 2.05) is 18.3 Å². The number of anilines is 1. The zero-order chi connectivity index (χ0) is 16.5. The molecule has 0 spiro atoms. The van der Waals surface area contributed by atoms with Crippen LogP contribution < -0.4 is 10.2 Å². The molecule has 0 radical (unpaired) electrons. The highest BCUT2D eigenvalue weighted by Gasteiger charge is 2.35. The third-order valence-electron chi connectivity index (χ3n) is 5.70. The van der Waals surface area contributed by atoms with Crippen LogP contribution in [0, 0.1) is 5.92 Å². The van der Waals surface area contributed by atoms with Crippen LogP contribution in [0.5, 0.6) is 0 Å². The molecular formula is C18H25BrN4O. The van der Waals surface area contributed by atoms with Gasteiger partial charge in [-0.3, -0.25) is 4.79 Å². The Hall–Kier alpha value is -1.14. The molecule has 3 aliphatic rings. The Morgan fingerprint density at radius 3 is 2.50 bits per heavy atom. The number of piperazine rings is 1. The van der Waals surface area contributed by atoms with E-state index in [2.05, 4.69) is 36.0 Å². The molecule has 1 N–H and O–H groups in total. The molecule has 3 fully saturated rings. The Kier molecular flexibility index (Phi) is 4.77. The van der Waals surface area contributed by atoms with Crippen molar-refractivity contribution >= 4 is 27.7 Å². The SMILES string of the molecule is O=C(CC1CC2CCC(C1)N2)N1CCN(c2ccc(Br)cn2)CC1. The van der Waals surface area contributed by atoms with Crippen molar-refractivity contribution in [3.63, 3.8) is 0 Å². The van der Waals surface area contributed by atoms with Gasteiger partial charge < -0.3 is 15.1 Å². The zero-order valence-corrected chi connectivity index (χ0v) is 15.5. The van der Waals surface area contributed by atoms with Gasteiger partial charge in [0.2, 0.25) is 5.91 Å². The summed E-state index contributed by atoms with van der Waals surface area (Å²) in [7, 11) is 0. The third-order valence-corrected chi connectivity index (χ3v) is 6.17. The fourth-order valence-electron chi connectivity index (χ4n) is 4.46. The number of hydrogen-bond acceptors (Lipinski definition) is 4. The van der Waals surface area contributed by atoms with Gasteiger partial charge in [-0.05, 0) is 59.7 Å². The Balaban J connectivity index is 1.27. The highest BCUT2D eigenvalue weighted by atomic mass is 79.9. The van der Waals surface area contributed by atoms with Gasteiger partial charge in [0, 0.05) is 55.4 Å². The van der Waals surface area contributed by atoms with Gasteiger partial charge in [-0.2, -0.15) is 0 Å². The van der Waals surface area contributed by atoms with Crippen molar-refractivity contribution in [2.75, 3.05) is 31.1 Å². The summed E-state index contributed by atoms with van der Waals surface area (Å²) in [6.07, 6.45) is 7.54. The maximum atomic E-state index is 12.7. The van der Waals surface area contributed by atoms with Crippen LogP contribution in [-0.2, 0) is 4.79 Å². The van der Waals surface area contributed by atoms with E-state index in [0.717, 1.165) is 42.9 Å². The van der Waals surface area contributed by atoms with Gasteiger partial charge >= 0.3 is 0 Å². The van der Waals surface area contributed by atoms with Crippen molar-refractivity contribution in [2.24, 2.45) is 5.92 Å². The van der Waals surface area contributed by atoms with E-state index in [9.17, 15) is 4.79 Å². The van der Waals surface area contributed by atoms with E-state index in [-0.39, 0.29) is 0 Å². The van der Waals surface area contributed by atoms with Gasteiger partial charge in [0.05, 0.1) is 0 Å². The summed E-state index contributed by atoms with van der Waals surface area (Å²) >= 11 is 3.42. The molecule has 4 heterocycles. The molecule has 4 rings (SSSR count). The van der Waals surface area contributed by atoms with Crippen molar-refractivity contribution in [3.05, 3.63) is 22.8 Å². The first-order chi connectivity index (χ1) is 11.7. The van der Waals surface area contributed by atoms with Crippen molar-refractivity contribution in [2.45, 2.75) is 44.2 Å². The summed E-state index contributed by atoms with van der Waals surface area (Å²) in [5.41, 5.74) is 0. The smallest absolute Gasteiger partial charge is 0.222 e. The normalized spacial score (nSPS) is 29.8. The fraction of sp³-hybridized carbons (Fsp3) is 0.667. The van der Waals surface area contributed by atoms with Gasteiger partial charge in [0.25, 0.3) is 0 Å². The molecule has 2 atom stereocenters. The molecule has 2 bridgehead atoms. The molecule has 5 nitrogen and oxygen atoms in total. The molecule has 1 aromatic heterocycles. The van der Waals surface area contributed by atoms with Crippen LogP contribution in [-0.4, -0.2) is 54.1 Å². The lowest BCUT2D eigenvalue weighted by atomic mass is 9.89. The number of aromatic nitrogens is 1. The van der Waals surface area contributed by atoms with Gasteiger partial charge in [-0.15, -0.1) is 0 Å². The largest absolute Gasteiger partial charge is 0.353 e. The van der Waals surface area contributed by atoms with E-state index in [0.29, 0.717) is 23.9 Å². The number of nitrogens with zero attached hydrogens (tertiary/aromatic N) is 3. The number of pyridine rings is 1. The van der Waals surface area contributed by atoms with Crippen LogP contribution in [0.4, 0.5) is 5.82 Å². The minimum Gasteiger partial charge on any atom is -0.353 e. The first kappa shape index (κ1) is 16.3. The standard InChI is InChI=1S/C18H25BrN4O/c19-14-1-4-17(20-12-14)22-5-7-23(8-6-22)18(24)11-13-9-15-2-3-16(10-13)21-15/h1,4,12-13,15-16,21H,2-3,5-11H2. The summed E-state index contributed by atoms with van der Waals surface area (Å²) in [4.78, 5) is 21.4. The lowest BCUT2D eigenvalue weighted by Crippen LogP contribution is -2.49. The molecule has 2 unspecified atom stereocenters. The number of carbonyl (C=O) groups is 1. The molecule has 6 heteroatoms. The molecule has 130 valence electrons. The topological polar surface area (TPSA) is 48.5 Å². The van der Waals surface area contributed by atoms with Gasteiger partial charge in [-0.25, -0.2) is 4.98 Å². The van der Waals surface area contributed by atoms with E-state index < -0.39 is 0 Å². The first-order valence-electron chi connectivity index (χ1n) is 9.08. The van der Waals surface area contributed by atoms with Crippen molar-refractivity contribution in [3.8, 4) is 0 Å². The summed E-state index contributed by atoms with van der Waals surface area (Å²) < 4.78 is 0.996. The zero-order valence-electron chi connectivity index (χ0n) is 14.0. The second-order valence-electron chi connectivity index (χ2n) is 7.38. The Morgan fingerprint density at radius 1 is 1.17 bits per heavy atom. The predicted octanol–water partition coefficient (Wildman–Crippen LogP) is 2.41. The third kappa shape index (κ3) is 3.59. The van der Waals surface area contributed by atoms with Crippen LogP contribution in [0.25, 0.3) is 0 Å². The number of carbonyl (C=O) groups excluding carboxylic acids is 1. The lowest BCUT2D eigenvalue weighted by Gasteiger charge is -2.37. The molecule has 0 aliphatic carbocycles. The average Bonchev–Trinajstić information content (AvgIpc) is 2.94. The molecular weight excluding hydrogens is 368 g/mol. The molecule has 0 saturated carbocycles. The fourth-order valence-corrected chi connectivity index (χ4v) is 4.69. The number of fused-ring (bicyclic) bond motifs is 2. The summed E-state index contributed by atoms with van der Waals surface area (Å²) in [6, 6.07) is 5.39. The van der Waals surface area contributed by atoms with Crippen LogP contribution in [0.1, 0.15) is 32.1 Å². The van der Waals surface area contributed by atoms with Gasteiger partial charge in [0.15, 0.2) is 0 Å². The summed E-state index contributed by atoms with van der Waals surface area (Å²) in [5.74, 6) is 1.94. The molecule has 3 saturated heterocycles. The Morgan fingerprint density at radius 2 is 1.88 bits per heavy atom. The molecule has 1 amide bonds. The van der Waals surface area contributed by atoms with Crippen LogP contribution in [0.2, 0.25) is 0 Å². The molecule has 24 heavy (non-hydrogen) atoms. The van der Waals surface area contributed by atoms with Crippen molar-refractivity contribution in [1.29, 1.82) is 0 Å². The maximum absolute atomic E-state index is 12.7. The second kappa shape index (κ2) is 7.00. The van der Waals surface area contributed by atoms with E-state index in [1.165, 1.54) is 25.7 Å². The highest BCUT2D eigenvalue weighted by Crippen LogP contribution is 2.33. The Bertz CT molecular complexity index is 573. The maximum Gasteiger partial charge on any atom is 0.222 e. The van der Waals surface area contributed by atoms with Crippen LogP contribution in [0.15, 0.2) is 22.8 Å². The minimum absolute atomic E-state index is 0.352.